The van der Waals surface area contributed by atoms with E-state index in [4.69, 9.17) is 0 Å². The first kappa shape index (κ1) is 14.0. The van der Waals surface area contributed by atoms with Crippen molar-refractivity contribution in [1.29, 1.82) is 0 Å². The zero-order valence-corrected chi connectivity index (χ0v) is 13.2. The van der Waals surface area contributed by atoms with Crippen molar-refractivity contribution in [3.8, 4) is 11.3 Å². The van der Waals surface area contributed by atoms with Crippen molar-refractivity contribution < 1.29 is 4.39 Å². The van der Waals surface area contributed by atoms with Gasteiger partial charge >= 0.3 is 0 Å². The van der Waals surface area contributed by atoms with E-state index in [-0.39, 0.29) is 5.82 Å². The van der Waals surface area contributed by atoms with Gasteiger partial charge in [0, 0.05) is 23.0 Å². The third-order valence-corrected chi connectivity index (χ3v) is 4.32. The normalized spacial score (nSPS) is 14.1. The van der Waals surface area contributed by atoms with E-state index < -0.39 is 0 Å². The number of fused-ring (bicyclic) bond motifs is 1. The van der Waals surface area contributed by atoms with E-state index in [0.717, 1.165) is 46.6 Å². The van der Waals surface area contributed by atoms with Crippen LogP contribution in [0.1, 0.15) is 16.7 Å². The number of aromatic amines is 1. The predicted octanol–water partition coefficient (Wildman–Crippen LogP) is 3.94. The lowest BCUT2D eigenvalue weighted by Crippen LogP contribution is -2.20. The first-order chi connectivity index (χ1) is 11.1. The Morgan fingerprint density at radius 3 is 2.70 bits per heavy atom. The number of hydrogen-bond acceptors (Lipinski definition) is 2. The van der Waals surface area contributed by atoms with Crippen LogP contribution in [0.5, 0.6) is 0 Å². The maximum Gasteiger partial charge on any atom is 0.131 e. The summed E-state index contributed by atoms with van der Waals surface area (Å²) in [4.78, 5) is 8.01. The lowest BCUT2D eigenvalue weighted by atomic mass is 9.99. The van der Waals surface area contributed by atoms with Gasteiger partial charge in [0.1, 0.15) is 11.7 Å². The van der Waals surface area contributed by atoms with Crippen molar-refractivity contribution in [3.63, 3.8) is 0 Å². The van der Waals surface area contributed by atoms with Gasteiger partial charge in [-0.05, 0) is 37.6 Å². The highest BCUT2D eigenvalue weighted by Crippen LogP contribution is 2.33. The lowest BCUT2D eigenvalue weighted by Gasteiger charge is -2.09. The predicted molar refractivity (Wildman–Crippen MR) is 92.6 cm³/mol. The SMILES string of the molecule is Cc1ccc(-c2[nH]c3ccc(F)cc3c2C2=NCCN2)c(C)c1. The Morgan fingerprint density at radius 1 is 1.09 bits per heavy atom. The molecule has 2 heterocycles. The van der Waals surface area contributed by atoms with Crippen molar-refractivity contribution in [3.05, 3.63) is 58.9 Å². The molecule has 3 aromatic rings. The fraction of sp³-hybridized carbons (Fsp3) is 0.211. The summed E-state index contributed by atoms with van der Waals surface area (Å²) in [5, 5.41) is 4.19. The van der Waals surface area contributed by atoms with E-state index in [1.54, 1.807) is 12.1 Å². The number of nitrogens with one attached hydrogen (secondary N) is 2. The van der Waals surface area contributed by atoms with Gasteiger partial charge in [0.25, 0.3) is 0 Å². The molecule has 0 bridgehead atoms. The summed E-state index contributed by atoms with van der Waals surface area (Å²) in [7, 11) is 0. The van der Waals surface area contributed by atoms with Gasteiger partial charge in [0.2, 0.25) is 0 Å². The van der Waals surface area contributed by atoms with Crippen molar-refractivity contribution in [1.82, 2.24) is 10.3 Å². The molecule has 1 aromatic heterocycles. The number of halogens is 1. The fourth-order valence-electron chi connectivity index (χ4n) is 3.27. The van der Waals surface area contributed by atoms with Crippen molar-refractivity contribution >= 4 is 16.7 Å². The van der Waals surface area contributed by atoms with Crippen LogP contribution in [0.2, 0.25) is 0 Å². The molecule has 23 heavy (non-hydrogen) atoms. The molecule has 116 valence electrons. The second-order valence-electron chi connectivity index (χ2n) is 6.04. The summed E-state index contributed by atoms with van der Waals surface area (Å²) >= 11 is 0. The van der Waals surface area contributed by atoms with Crippen LogP contribution in [0, 0.1) is 19.7 Å². The first-order valence-corrected chi connectivity index (χ1v) is 7.81. The number of rotatable bonds is 2. The molecule has 1 aliphatic heterocycles. The van der Waals surface area contributed by atoms with E-state index in [1.807, 2.05) is 0 Å². The minimum atomic E-state index is -0.233. The van der Waals surface area contributed by atoms with Crippen molar-refractivity contribution in [2.75, 3.05) is 13.1 Å². The Hall–Kier alpha value is -2.62. The molecule has 0 unspecified atom stereocenters. The average Bonchev–Trinajstić information content (AvgIpc) is 3.13. The lowest BCUT2D eigenvalue weighted by molar-refractivity contribution is 0.629. The molecule has 0 saturated heterocycles. The molecule has 0 radical (unpaired) electrons. The summed E-state index contributed by atoms with van der Waals surface area (Å²) in [6, 6.07) is 11.2. The Balaban J connectivity index is 2.04. The van der Waals surface area contributed by atoms with Crippen LogP contribution in [0.4, 0.5) is 4.39 Å². The van der Waals surface area contributed by atoms with E-state index in [1.165, 1.54) is 17.2 Å². The Labute approximate surface area is 134 Å². The van der Waals surface area contributed by atoms with Crippen LogP contribution in [-0.2, 0) is 0 Å². The van der Waals surface area contributed by atoms with Crippen molar-refractivity contribution in [2.45, 2.75) is 13.8 Å². The van der Waals surface area contributed by atoms with Crippen LogP contribution in [0.25, 0.3) is 22.2 Å². The van der Waals surface area contributed by atoms with Crippen LogP contribution < -0.4 is 5.32 Å². The quantitative estimate of drug-likeness (QED) is 0.739. The Morgan fingerprint density at radius 2 is 1.96 bits per heavy atom. The van der Waals surface area contributed by atoms with E-state index in [0.29, 0.717) is 0 Å². The summed E-state index contributed by atoms with van der Waals surface area (Å²) in [5.74, 6) is 0.611. The standard InChI is InChI=1S/C19H18FN3/c1-11-3-5-14(12(2)9-11)18-17(19-21-7-8-22-19)15-10-13(20)4-6-16(15)23-18/h3-6,9-10,23H,7-8H2,1-2H3,(H,21,22). The molecule has 2 N–H and O–H groups in total. The van der Waals surface area contributed by atoms with E-state index in [2.05, 4.69) is 47.3 Å². The highest BCUT2D eigenvalue weighted by molar-refractivity contribution is 6.15. The van der Waals surface area contributed by atoms with Gasteiger partial charge in [-0.15, -0.1) is 0 Å². The number of H-pyrrole nitrogens is 1. The number of aromatic nitrogens is 1. The van der Waals surface area contributed by atoms with Gasteiger partial charge in [-0.2, -0.15) is 0 Å². The minimum Gasteiger partial charge on any atom is -0.368 e. The molecule has 2 aromatic carbocycles. The van der Waals surface area contributed by atoms with Gasteiger partial charge in [-0.1, -0.05) is 23.8 Å². The molecule has 0 spiro atoms. The summed E-state index contributed by atoms with van der Waals surface area (Å²) < 4.78 is 13.8. The molecule has 3 nitrogen and oxygen atoms in total. The smallest absolute Gasteiger partial charge is 0.131 e. The number of benzene rings is 2. The second kappa shape index (κ2) is 5.23. The number of hydrogen-bond donors (Lipinski definition) is 2. The van der Waals surface area contributed by atoms with Crippen LogP contribution in [-0.4, -0.2) is 23.9 Å². The molecule has 1 aliphatic rings. The maximum atomic E-state index is 13.8. The van der Waals surface area contributed by atoms with Crippen LogP contribution in [0.15, 0.2) is 41.4 Å². The molecular formula is C19H18FN3. The molecule has 0 fully saturated rings. The maximum absolute atomic E-state index is 13.8. The molecule has 0 aliphatic carbocycles. The van der Waals surface area contributed by atoms with Gasteiger partial charge in [0.05, 0.1) is 17.8 Å². The van der Waals surface area contributed by atoms with Gasteiger partial charge in [-0.25, -0.2) is 4.39 Å². The third-order valence-electron chi connectivity index (χ3n) is 4.32. The van der Waals surface area contributed by atoms with E-state index in [9.17, 15) is 4.39 Å². The topological polar surface area (TPSA) is 40.2 Å². The summed E-state index contributed by atoms with van der Waals surface area (Å²) in [6.45, 7) is 5.76. The minimum absolute atomic E-state index is 0.233. The molecule has 0 amide bonds. The number of nitrogens with zero attached hydrogens (tertiary/aromatic N) is 1. The van der Waals surface area contributed by atoms with E-state index >= 15 is 0 Å². The summed E-state index contributed by atoms with van der Waals surface area (Å²) in [5.41, 5.74) is 6.43. The number of aliphatic imine (C=N–C) groups is 1. The number of aryl methyl sites for hydroxylation is 2. The van der Waals surface area contributed by atoms with Crippen molar-refractivity contribution in [2.24, 2.45) is 4.99 Å². The molecule has 0 saturated carbocycles. The fourth-order valence-corrected chi connectivity index (χ4v) is 3.27. The monoisotopic (exact) mass is 307 g/mol. The Bertz CT molecular complexity index is 937. The molecule has 4 heteroatoms. The highest BCUT2D eigenvalue weighted by Gasteiger charge is 2.21. The molecule has 0 atom stereocenters. The average molecular weight is 307 g/mol. The first-order valence-electron chi connectivity index (χ1n) is 7.81. The van der Waals surface area contributed by atoms with Gasteiger partial charge in [0.15, 0.2) is 0 Å². The highest BCUT2D eigenvalue weighted by atomic mass is 19.1. The summed E-state index contributed by atoms with van der Waals surface area (Å²) in [6.07, 6.45) is 0. The van der Waals surface area contributed by atoms with Crippen LogP contribution in [0.3, 0.4) is 0 Å². The zero-order valence-electron chi connectivity index (χ0n) is 13.2. The third kappa shape index (κ3) is 2.31. The zero-order chi connectivity index (χ0) is 16.0. The van der Waals surface area contributed by atoms with Crippen LogP contribution >= 0.6 is 0 Å². The number of amidine groups is 1. The second-order valence-corrected chi connectivity index (χ2v) is 6.04. The van der Waals surface area contributed by atoms with Gasteiger partial charge < -0.3 is 10.3 Å². The molecular weight excluding hydrogens is 289 g/mol. The largest absolute Gasteiger partial charge is 0.368 e. The molecule has 4 rings (SSSR count). The Kier molecular flexibility index (Phi) is 3.18. The van der Waals surface area contributed by atoms with Gasteiger partial charge in [-0.3, -0.25) is 4.99 Å².